The van der Waals surface area contributed by atoms with Crippen molar-refractivity contribution in [1.29, 1.82) is 0 Å². The van der Waals surface area contributed by atoms with E-state index in [2.05, 4.69) is 10.3 Å². The molecular formula is C19H30N4O5. The van der Waals surface area contributed by atoms with Crippen LogP contribution in [-0.4, -0.2) is 47.9 Å². The number of ether oxygens (including phenoxy) is 2. The Labute approximate surface area is 165 Å². The highest BCUT2D eigenvalue weighted by molar-refractivity contribution is 5.80. The summed E-state index contributed by atoms with van der Waals surface area (Å²) in [6, 6.07) is 5.97. The van der Waals surface area contributed by atoms with Gasteiger partial charge >= 0.3 is 12.1 Å². The van der Waals surface area contributed by atoms with E-state index in [0.717, 1.165) is 18.4 Å². The Hall–Kier alpha value is -2.97. The second kappa shape index (κ2) is 11.0. The van der Waals surface area contributed by atoms with Gasteiger partial charge in [0.05, 0.1) is 6.61 Å². The molecular weight excluding hydrogens is 364 g/mol. The van der Waals surface area contributed by atoms with Gasteiger partial charge in [0.2, 0.25) is 0 Å². The number of nitrogens with zero attached hydrogens (tertiary/aromatic N) is 1. The number of carbonyl (C=O) groups is 2. The highest BCUT2D eigenvalue weighted by atomic mass is 16.6. The minimum absolute atomic E-state index is 0.0809. The third-order valence-electron chi connectivity index (χ3n) is 3.47. The number of nitrogens with one attached hydrogen (secondary N) is 1. The molecule has 0 aliphatic carbocycles. The Kier molecular flexibility index (Phi) is 9.07. The van der Waals surface area contributed by atoms with E-state index in [0.29, 0.717) is 18.9 Å². The number of carbonyl (C=O) groups excluding carboxylic acids is 1. The zero-order valence-corrected chi connectivity index (χ0v) is 16.6. The number of rotatable bonds is 10. The molecule has 1 atom stereocenters. The number of aliphatic imine (C=N–C) groups is 1. The molecule has 0 unspecified atom stereocenters. The molecule has 0 aromatic heterocycles. The average molecular weight is 394 g/mol. The summed E-state index contributed by atoms with van der Waals surface area (Å²) < 4.78 is 10.7. The van der Waals surface area contributed by atoms with Crippen molar-refractivity contribution in [2.24, 2.45) is 16.5 Å². The van der Waals surface area contributed by atoms with Crippen molar-refractivity contribution in [3.05, 3.63) is 29.8 Å². The fraction of sp³-hybridized carbons (Fsp3) is 0.526. The van der Waals surface area contributed by atoms with Crippen molar-refractivity contribution in [2.75, 3.05) is 13.2 Å². The number of unbranched alkanes of at least 4 members (excludes halogenated alkanes) is 1. The molecule has 0 aliphatic rings. The van der Waals surface area contributed by atoms with Crippen molar-refractivity contribution in [3.63, 3.8) is 0 Å². The summed E-state index contributed by atoms with van der Waals surface area (Å²) >= 11 is 0. The molecule has 0 radical (unpaired) electrons. The number of guanidine groups is 1. The van der Waals surface area contributed by atoms with Crippen LogP contribution in [0.3, 0.4) is 0 Å². The lowest BCUT2D eigenvalue weighted by molar-refractivity contribution is -0.139. The number of benzene rings is 1. The summed E-state index contributed by atoms with van der Waals surface area (Å²) in [5, 5.41) is 11.7. The van der Waals surface area contributed by atoms with Gasteiger partial charge in [0.1, 0.15) is 17.4 Å². The van der Waals surface area contributed by atoms with Crippen LogP contribution in [0.25, 0.3) is 0 Å². The first kappa shape index (κ1) is 23.1. The van der Waals surface area contributed by atoms with E-state index >= 15 is 0 Å². The lowest BCUT2D eigenvalue weighted by Crippen LogP contribution is -2.44. The first-order valence-corrected chi connectivity index (χ1v) is 9.06. The van der Waals surface area contributed by atoms with Crippen molar-refractivity contribution in [2.45, 2.75) is 51.7 Å². The number of amides is 1. The van der Waals surface area contributed by atoms with E-state index in [1.165, 1.54) is 0 Å². The SMILES string of the molecule is CC(C)(C)OC(=O)N[C@@H](Cc1ccc(OCCCCN=C(N)N)cc1)C(=O)O. The molecule has 1 aromatic rings. The van der Waals surface area contributed by atoms with Crippen LogP contribution in [0.4, 0.5) is 4.79 Å². The Morgan fingerprint density at radius 2 is 1.82 bits per heavy atom. The number of nitrogens with two attached hydrogens (primary N) is 2. The fourth-order valence-corrected chi connectivity index (χ4v) is 2.22. The number of hydrogen-bond acceptors (Lipinski definition) is 5. The van der Waals surface area contributed by atoms with E-state index in [-0.39, 0.29) is 12.4 Å². The molecule has 0 saturated carbocycles. The van der Waals surface area contributed by atoms with Crippen LogP contribution in [0.5, 0.6) is 5.75 Å². The van der Waals surface area contributed by atoms with Gasteiger partial charge < -0.3 is 31.4 Å². The van der Waals surface area contributed by atoms with Crippen LogP contribution in [0.15, 0.2) is 29.3 Å². The quantitative estimate of drug-likeness (QED) is 0.268. The third kappa shape index (κ3) is 10.2. The smallest absolute Gasteiger partial charge is 0.408 e. The van der Waals surface area contributed by atoms with Gasteiger partial charge in [-0.05, 0) is 51.3 Å². The highest BCUT2D eigenvalue weighted by Crippen LogP contribution is 2.15. The van der Waals surface area contributed by atoms with Gasteiger partial charge in [-0.15, -0.1) is 0 Å². The molecule has 0 saturated heterocycles. The molecule has 1 aromatic carbocycles. The molecule has 0 spiro atoms. The van der Waals surface area contributed by atoms with Crippen LogP contribution in [0, 0.1) is 0 Å². The molecule has 9 nitrogen and oxygen atoms in total. The van der Waals surface area contributed by atoms with Crippen LogP contribution in [-0.2, 0) is 16.0 Å². The molecule has 0 heterocycles. The lowest BCUT2D eigenvalue weighted by Gasteiger charge is -2.22. The maximum Gasteiger partial charge on any atom is 0.408 e. The van der Waals surface area contributed by atoms with Gasteiger partial charge in [-0.2, -0.15) is 0 Å². The number of hydrogen-bond donors (Lipinski definition) is 4. The number of alkyl carbamates (subject to hydrolysis) is 1. The van der Waals surface area contributed by atoms with Gasteiger partial charge in [0.25, 0.3) is 0 Å². The normalized spacial score (nSPS) is 12.0. The monoisotopic (exact) mass is 394 g/mol. The van der Waals surface area contributed by atoms with Crippen molar-refractivity contribution in [1.82, 2.24) is 5.32 Å². The number of aliphatic carboxylic acids is 1. The second-order valence-corrected chi connectivity index (χ2v) is 7.25. The maximum atomic E-state index is 11.8. The Morgan fingerprint density at radius 1 is 1.18 bits per heavy atom. The zero-order chi connectivity index (χ0) is 21.2. The Morgan fingerprint density at radius 3 is 2.36 bits per heavy atom. The van der Waals surface area contributed by atoms with Crippen LogP contribution in [0.1, 0.15) is 39.2 Å². The molecule has 0 bridgehead atoms. The molecule has 0 aliphatic heterocycles. The van der Waals surface area contributed by atoms with Crippen LogP contribution >= 0.6 is 0 Å². The van der Waals surface area contributed by atoms with E-state index in [4.69, 9.17) is 20.9 Å². The standard InChI is InChI=1S/C19H30N4O5/c1-19(2,3)28-18(26)23-15(16(24)25)12-13-6-8-14(9-7-13)27-11-5-4-10-22-17(20)21/h6-9,15H,4-5,10-12H2,1-3H3,(H,23,26)(H,24,25)(H4,20,21,22)/t15-/m0/s1. The summed E-state index contributed by atoms with van der Waals surface area (Å²) in [4.78, 5) is 27.1. The number of carboxylic acids is 1. The summed E-state index contributed by atoms with van der Waals surface area (Å²) in [7, 11) is 0. The van der Waals surface area contributed by atoms with E-state index < -0.39 is 23.7 Å². The summed E-state index contributed by atoms with van der Waals surface area (Å²) in [6.45, 7) is 6.22. The average Bonchev–Trinajstić information content (AvgIpc) is 2.56. The van der Waals surface area contributed by atoms with Crippen molar-refractivity contribution < 1.29 is 24.2 Å². The Balaban J connectivity index is 2.48. The van der Waals surface area contributed by atoms with Gasteiger partial charge in [-0.1, -0.05) is 12.1 Å². The minimum Gasteiger partial charge on any atom is -0.494 e. The van der Waals surface area contributed by atoms with Crippen LogP contribution < -0.4 is 21.5 Å². The number of carboxylic acid groups (broad SMARTS) is 1. The lowest BCUT2D eigenvalue weighted by atomic mass is 10.1. The topological polar surface area (TPSA) is 149 Å². The minimum atomic E-state index is -1.13. The summed E-state index contributed by atoms with van der Waals surface area (Å²) in [5.41, 5.74) is 10.6. The van der Waals surface area contributed by atoms with E-state index in [1.807, 2.05) is 0 Å². The predicted molar refractivity (Wildman–Crippen MR) is 106 cm³/mol. The Bertz CT molecular complexity index is 664. The highest BCUT2D eigenvalue weighted by Gasteiger charge is 2.24. The van der Waals surface area contributed by atoms with E-state index in [1.54, 1.807) is 45.0 Å². The first-order valence-electron chi connectivity index (χ1n) is 9.06. The van der Waals surface area contributed by atoms with Crippen molar-refractivity contribution in [3.8, 4) is 5.75 Å². The van der Waals surface area contributed by atoms with Gasteiger partial charge in [0.15, 0.2) is 5.96 Å². The molecule has 1 rings (SSSR count). The summed E-state index contributed by atoms with van der Waals surface area (Å²) in [5.74, 6) is -0.373. The van der Waals surface area contributed by atoms with Gasteiger partial charge in [0, 0.05) is 13.0 Å². The molecule has 156 valence electrons. The fourth-order valence-electron chi connectivity index (χ4n) is 2.22. The zero-order valence-electron chi connectivity index (χ0n) is 16.6. The van der Waals surface area contributed by atoms with Crippen molar-refractivity contribution >= 4 is 18.0 Å². The largest absolute Gasteiger partial charge is 0.494 e. The molecule has 28 heavy (non-hydrogen) atoms. The summed E-state index contributed by atoms with van der Waals surface area (Å²) in [6.07, 6.45) is 0.986. The van der Waals surface area contributed by atoms with Crippen LogP contribution in [0.2, 0.25) is 0 Å². The molecule has 9 heteroatoms. The second-order valence-electron chi connectivity index (χ2n) is 7.25. The molecule has 1 amide bonds. The van der Waals surface area contributed by atoms with E-state index in [9.17, 15) is 14.7 Å². The molecule has 0 fully saturated rings. The predicted octanol–water partition coefficient (Wildman–Crippen LogP) is 1.64. The van der Waals surface area contributed by atoms with Gasteiger partial charge in [-0.3, -0.25) is 4.99 Å². The molecule has 6 N–H and O–H groups in total. The maximum absolute atomic E-state index is 11.8. The first-order chi connectivity index (χ1) is 13.1. The third-order valence-corrected chi connectivity index (χ3v) is 3.47. The van der Waals surface area contributed by atoms with Gasteiger partial charge in [-0.25, -0.2) is 9.59 Å².